The number of hydrogen-bond donors (Lipinski definition) is 2. The van der Waals surface area contributed by atoms with Crippen molar-refractivity contribution in [1.29, 1.82) is 0 Å². The van der Waals surface area contributed by atoms with Crippen molar-refractivity contribution >= 4 is 22.5 Å². The monoisotopic (exact) mass is 337 g/mol. The molecule has 0 fully saturated rings. The van der Waals surface area contributed by atoms with Gasteiger partial charge in [0.05, 0.1) is 25.5 Å². The molecule has 0 radical (unpaired) electrons. The fraction of sp³-hybridized carbons (Fsp3) is 0.158. The Bertz CT molecular complexity index is 944. The second-order valence-electron chi connectivity index (χ2n) is 5.45. The minimum absolute atomic E-state index is 0.279. The van der Waals surface area contributed by atoms with E-state index in [0.29, 0.717) is 22.8 Å². The van der Waals surface area contributed by atoms with Crippen LogP contribution in [-0.2, 0) is 0 Å². The molecule has 2 N–H and O–H groups in total. The van der Waals surface area contributed by atoms with E-state index in [9.17, 15) is 4.79 Å². The van der Waals surface area contributed by atoms with Crippen LogP contribution in [0.15, 0.2) is 53.8 Å². The number of benzene rings is 2. The van der Waals surface area contributed by atoms with E-state index >= 15 is 0 Å². The largest absolute Gasteiger partial charge is 0.497 e. The van der Waals surface area contributed by atoms with Crippen LogP contribution in [0.4, 0.5) is 0 Å². The minimum atomic E-state index is -0.279. The van der Waals surface area contributed by atoms with Crippen LogP contribution in [0.5, 0.6) is 11.5 Å². The molecule has 6 heteroatoms. The molecule has 0 atom stereocenters. The van der Waals surface area contributed by atoms with Crippen LogP contribution in [0.25, 0.3) is 10.9 Å². The van der Waals surface area contributed by atoms with Gasteiger partial charge in [-0.2, -0.15) is 5.10 Å². The van der Waals surface area contributed by atoms with Gasteiger partial charge in [0.1, 0.15) is 11.5 Å². The topological polar surface area (TPSA) is 75.7 Å². The number of aromatic nitrogens is 1. The summed E-state index contributed by atoms with van der Waals surface area (Å²) in [5, 5.41) is 5.06. The third kappa shape index (κ3) is 3.33. The van der Waals surface area contributed by atoms with Crippen molar-refractivity contribution in [2.24, 2.45) is 5.10 Å². The first kappa shape index (κ1) is 16.6. The fourth-order valence-electron chi connectivity index (χ4n) is 2.61. The van der Waals surface area contributed by atoms with Crippen molar-refractivity contribution in [3.05, 3.63) is 59.8 Å². The number of nitrogens with one attached hydrogen (secondary N) is 2. The van der Waals surface area contributed by atoms with Crippen LogP contribution in [0, 0.1) is 0 Å². The summed E-state index contributed by atoms with van der Waals surface area (Å²) in [6.45, 7) is 1.80. The summed E-state index contributed by atoms with van der Waals surface area (Å²) in [4.78, 5) is 15.5. The molecule has 6 nitrogen and oxygen atoms in total. The van der Waals surface area contributed by atoms with E-state index < -0.39 is 0 Å². The number of fused-ring (bicyclic) bond motifs is 1. The van der Waals surface area contributed by atoms with Crippen LogP contribution >= 0.6 is 0 Å². The maximum atomic E-state index is 12.4. The van der Waals surface area contributed by atoms with E-state index in [2.05, 4.69) is 15.5 Å². The Morgan fingerprint density at radius 3 is 2.64 bits per heavy atom. The number of H-pyrrole nitrogens is 1. The van der Waals surface area contributed by atoms with E-state index in [1.807, 2.05) is 30.3 Å². The number of carbonyl (C=O) groups excluding carboxylic acids is 1. The standard InChI is InChI=1S/C19H19N3O3/c1-12(15-10-13(24-2)8-9-18(15)25-3)21-22-19(23)16-11-20-17-7-5-4-6-14(16)17/h4-11,20H,1-3H3,(H,22,23)/b21-12-. The lowest BCUT2D eigenvalue weighted by molar-refractivity contribution is 0.0956. The van der Waals surface area contributed by atoms with Crippen molar-refractivity contribution < 1.29 is 14.3 Å². The number of ether oxygens (including phenoxy) is 2. The number of methoxy groups -OCH3 is 2. The van der Waals surface area contributed by atoms with Crippen LogP contribution in [0.1, 0.15) is 22.8 Å². The highest BCUT2D eigenvalue weighted by Crippen LogP contribution is 2.24. The van der Waals surface area contributed by atoms with Crippen LogP contribution in [0.2, 0.25) is 0 Å². The molecule has 3 aromatic rings. The number of nitrogens with zero attached hydrogens (tertiary/aromatic N) is 1. The van der Waals surface area contributed by atoms with Gasteiger partial charge in [0.15, 0.2) is 0 Å². The van der Waals surface area contributed by atoms with Crippen molar-refractivity contribution in [2.75, 3.05) is 14.2 Å². The van der Waals surface area contributed by atoms with Crippen molar-refractivity contribution in [2.45, 2.75) is 6.92 Å². The first-order valence-electron chi connectivity index (χ1n) is 7.77. The molecule has 0 spiro atoms. The van der Waals surface area contributed by atoms with Gasteiger partial charge >= 0.3 is 0 Å². The van der Waals surface area contributed by atoms with Gasteiger partial charge in [0, 0.05) is 22.7 Å². The highest BCUT2D eigenvalue weighted by atomic mass is 16.5. The maximum absolute atomic E-state index is 12.4. The molecule has 0 saturated heterocycles. The number of rotatable bonds is 5. The smallest absolute Gasteiger partial charge is 0.273 e. The molecule has 0 aliphatic heterocycles. The molecular weight excluding hydrogens is 318 g/mol. The van der Waals surface area contributed by atoms with Gasteiger partial charge in [-0.05, 0) is 31.2 Å². The van der Waals surface area contributed by atoms with E-state index in [-0.39, 0.29) is 5.91 Å². The Morgan fingerprint density at radius 1 is 1.08 bits per heavy atom. The van der Waals surface area contributed by atoms with Crippen molar-refractivity contribution in [3.8, 4) is 11.5 Å². The lowest BCUT2D eigenvalue weighted by atomic mass is 10.1. The molecule has 0 saturated carbocycles. The van der Waals surface area contributed by atoms with E-state index in [4.69, 9.17) is 9.47 Å². The summed E-state index contributed by atoms with van der Waals surface area (Å²) < 4.78 is 10.6. The van der Waals surface area contributed by atoms with Crippen LogP contribution < -0.4 is 14.9 Å². The van der Waals surface area contributed by atoms with Crippen molar-refractivity contribution in [3.63, 3.8) is 0 Å². The summed E-state index contributed by atoms with van der Waals surface area (Å²) in [6.07, 6.45) is 1.68. The zero-order valence-corrected chi connectivity index (χ0v) is 14.3. The minimum Gasteiger partial charge on any atom is -0.497 e. The highest BCUT2D eigenvalue weighted by molar-refractivity contribution is 6.08. The van der Waals surface area contributed by atoms with Gasteiger partial charge in [-0.25, -0.2) is 5.43 Å². The van der Waals surface area contributed by atoms with E-state index in [0.717, 1.165) is 16.5 Å². The van der Waals surface area contributed by atoms with Gasteiger partial charge < -0.3 is 14.5 Å². The van der Waals surface area contributed by atoms with Crippen LogP contribution in [-0.4, -0.2) is 30.8 Å². The Hall–Kier alpha value is -3.28. The quantitative estimate of drug-likeness (QED) is 0.554. The van der Waals surface area contributed by atoms with E-state index in [1.165, 1.54) is 0 Å². The fourth-order valence-corrected chi connectivity index (χ4v) is 2.61. The molecule has 0 unspecified atom stereocenters. The first-order chi connectivity index (χ1) is 12.1. The zero-order chi connectivity index (χ0) is 17.8. The van der Waals surface area contributed by atoms with Gasteiger partial charge in [0.25, 0.3) is 5.91 Å². The number of hydrazone groups is 1. The molecule has 128 valence electrons. The molecule has 25 heavy (non-hydrogen) atoms. The molecule has 2 aromatic carbocycles. The maximum Gasteiger partial charge on any atom is 0.273 e. The summed E-state index contributed by atoms with van der Waals surface area (Å²) in [5.74, 6) is 1.07. The molecule has 0 aliphatic rings. The molecule has 0 aliphatic carbocycles. The Balaban J connectivity index is 1.85. The average Bonchev–Trinajstić information content (AvgIpc) is 3.09. The zero-order valence-electron chi connectivity index (χ0n) is 14.3. The van der Waals surface area contributed by atoms with Crippen molar-refractivity contribution in [1.82, 2.24) is 10.4 Å². The molecule has 0 bridgehead atoms. The average molecular weight is 337 g/mol. The lowest BCUT2D eigenvalue weighted by Crippen LogP contribution is -2.19. The summed E-state index contributed by atoms with van der Waals surface area (Å²) in [5.41, 5.74) is 5.41. The molecule has 1 amide bonds. The third-order valence-corrected chi connectivity index (χ3v) is 3.96. The number of carbonyl (C=O) groups is 1. The normalized spacial score (nSPS) is 11.4. The predicted molar refractivity (Wildman–Crippen MR) is 97.5 cm³/mol. The van der Waals surface area contributed by atoms with Gasteiger partial charge in [-0.15, -0.1) is 0 Å². The number of aromatic amines is 1. The molecule has 1 heterocycles. The van der Waals surface area contributed by atoms with Crippen LogP contribution in [0.3, 0.4) is 0 Å². The molecule has 1 aromatic heterocycles. The predicted octanol–water partition coefficient (Wildman–Crippen LogP) is 3.34. The SMILES string of the molecule is COc1ccc(OC)c(/C(C)=N\NC(=O)c2c[nH]c3ccccc23)c1. The Morgan fingerprint density at radius 2 is 1.88 bits per heavy atom. The van der Waals surface area contributed by atoms with E-state index in [1.54, 1.807) is 39.5 Å². The lowest BCUT2D eigenvalue weighted by Gasteiger charge is -2.10. The first-order valence-corrected chi connectivity index (χ1v) is 7.77. The summed E-state index contributed by atoms with van der Waals surface area (Å²) in [7, 11) is 3.18. The second kappa shape index (κ2) is 7.09. The summed E-state index contributed by atoms with van der Waals surface area (Å²) in [6, 6.07) is 13.0. The Kier molecular flexibility index (Phi) is 4.70. The number of para-hydroxylation sites is 1. The summed E-state index contributed by atoms with van der Waals surface area (Å²) >= 11 is 0. The highest BCUT2D eigenvalue weighted by Gasteiger charge is 2.12. The van der Waals surface area contributed by atoms with Gasteiger partial charge in [-0.3, -0.25) is 4.79 Å². The second-order valence-corrected chi connectivity index (χ2v) is 5.45. The Labute approximate surface area is 145 Å². The molecule has 3 rings (SSSR count). The van der Waals surface area contributed by atoms with Gasteiger partial charge in [0.2, 0.25) is 0 Å². The molecular formula is C19H19N3O3. The number of hydrogen-bond acceptors (Lipinski definition) is 4. The number of amides is 1. The third-order valence-electron chi connectivity index (χ3n) is 3.96. The van der Waals surface area contributed by atoms with Gasteiger partial charge in [-0.1, -0.05) is 18.2 Å².